The van der Waals surface area contributed by atoms with Gasteiger partial charge in [-0.1, -0.05) is 12.2 Å². The Labute approximate surface area is 109 Å². The first kappa shape index (κ1) is 19.7. The van der Waals surface area contributed by atoms with Gasteiger partial charge >= 0.3 is 0 Å². The van der Waals surface area contributed by atoms with E-state index in [1.807, 2.05) is 0 Å². The van der Waals surface area contributed by atoms with Gasteiger partial charge in [0, 0.05) is 0 Å². The molecule has 0 radical (unpaired) electrons. The van der Waals surface area contributed by atoms with Crippen molar-refractivity contribution in [1.29, 1.82) is 0 Å². The van der Waals surface area contributed by atoms with E-state index in [0.29, 0.717) is 0 Å². The molecule has 108 valence electrons. The summed E-state index contributed by atoms with van der Waals surface area (Å²) >= 11 is 0. The largest absolute Gasteiger partial charge is 0.366 e. The van der Waals surface area contributed by atoms with Crippen LogP contribution in [0.3, 0.4) is 0 Å². The van der Waals surface area contributed by atoms with Crippen LogP contribution in [-0.2, 0) is 4.74 Å². The summed E-state index contributed by atoms with van der Waals surface area (Å²) < 4.78 is 5.10. The summed E-state index contributed by atoms with van der Waals surface area (Å²) in [6.07, 6.45) is -0.754. The molecule has 0 aliphatic carbocycles. The Kier molecular flexibility index (Phi) is 8.52. The number of rotatable bonds is 8. The fourth-order valence-electron chi connectivity index (χ4n) is 1.14. The molecule has 0 amide bonds. The first-order valence-corrected chi connectivity index (χ1v) is 4.82. The van der Waals surface area contributed by atoms with Crippen LogP contribution in [-0.4, -0.2) is 65.8 Å². The van der Waals surface area contributed by atoms with Crippen molar-refractivity contribution in [1.82, 2.24) is 0 Å². The molecule has 0 saturated carbocycles. The van der Waals surface area contributed by atoms with Gasteiger partial charge in [0.25, 0.3) is 11.9 Å². The normalized spacial score (nSPS) is 15.4. The van der Waals surface area contributed by atoms with Crippen molar-refractivity contribution in [2.24, 2.45) is 0 Å². The number of hydrogen-bond donors (Lipinski definition) is 6. The third-order valence-corrected chi connectivity index (χ3v) is 1.83. The smallest absolute Gasteiger partial charge is 0.278 e. The van der Waals surface area contributed by atoms with Crippen LogP contribution in [0.1, 0.15) is 12.8 Å². The van der Waals surface area contributed by atoms with Crippen LogP contribution in [0.2, 0.25) is 0 Å². The first-order valence-electron chi connectivity index (χ1n) is 4.82. The zero-order chi connectivity index (χ0) is 13.7. The summed E-state index contributed by atoms with van der Waals surface area (Å²) in [6, 6.07) is 0. The molecule has 0 spiro atoms. The molecule has 8 heteroatoms. The Hall–Kier alpha value is -0.583. The maximum absolute atomic E-state index is 8.75. The molecule has 0 aromatic carbocycles. The van der Waals surface area contributed by atoms with Crippen LogP contribution in [0.4, 0.5) is 0 Å². The second-order valence-electron chi connectivity index (χ2n) is 3.64. The Morgan fingerprint density at radius 1 is 0.833 bits per heavy atom. The zero-order valence-electron chi connectivity index (χ0n) is 9.23. The average Bonchev–Trinajstić information content (AvgIpc) is 2.11. The van der Waals surface area contributed by atoms with Gasteiger partial charge < -0.3 is 35.4 Å². The van der Waals surface area contributed by atoms with Crippen LogP contribution >= 0.6 is 0 Å². The van der Waals surface area contributed by atoms with E-state index in [1.165, 1.54) is 12.2 Å². The Bertz CT molecular complexity index is 230. The topological polar surface area (TPSA) is 131 Å². The van der Waals surface area contributed by atoms with E-state index in [-0.39, 0.29) is 11.0 Å². The number of aliphatic hydroxyl groups is 6. The zero-order valence-corrected chi connectivity index (χ0v) is 9.23. The highest BCUT2D eigenvalue weighted by molar-refractivity contribution is 5.75. The fraction of sp³-hybridized carbons (Fsp3) is 0.600. The maximum atomic E-state index is 8.75. The van der Waals surface area contributed by atoms with Gasteiger partial charge in [-0.25, -0.2) is 0 Å². The highest BCUT2D eigenvalue weighted by Crippen LogP contribution is 2.16. The van der Waals surface area contributed by atoms with E-state index in [1.54, 1.807) is 0 Å². The molecule has 18 heavy (non-hydrogen) atoms. The molecule has 2 unspecified atom stereocenters. The lowest BCUT2D eigenvalue weighted by Crippen LogP contribution is -2.37. The summed E-state index contributed by atoms with van der Waals surface area (Å²) in [5, 5.41) is 52.5. The predicted molar refractivity (Wildman–Crippen MR) is 68.4 cm³/mol. The molecule has 0 aromatic heterocycles. The summed E-state index contributed by atoms with van der Waals surface area (Å²) in [4.78, 5) is 0. The third-order valence-electron chi connectivity index (χ3n) is 1.83. The van der Waals surface area contributed by atoms with Crippen molar-refractivity contribution < 1.29 is 35.4 Å². The van der Waals surface area contributed by atoms with Crippen LogP contribution in [0.25, 0.3) is 0 Å². The summed E-state index contributed by atoms with van der Waals surface area (Å²) in [5.74, 6) is -5.86. The van der Waals surface area contributed by atoms with Crippen LogP contribution in [0.5, 0.6) is 0 Å². The summed E-state index contributed by atoms with van der Waals surface area (Å²) in [5.41, 5.74) is 0. The fourth-order valence-corrected chi connectivity index (χ4v) is 1.14. The maximum Gasteiger partial charge on any atom is 0.278 e. The van der Waals surface area contributed by atoms with Crippen molar-refractivity contribution in [3.05, 3.63) is 25.3 Å². The van der Waals surface area contributed by atoms with E-state index in [2.05, 4.69) is 13.2 Å². The van der Waals surface area contributed by atoms with E-state index in [0.717, 1.165) is 0 Å². The highest BCUT2D eigenvalue weighted by Gasteiger charge is 2.28. The molecule has 0 bridgehead atoms. The third kappa shape index (κ3) is 10.6. The minimum Gasteiger partial charge on any atom is -0.366 e. The SMILES string of the molecule is C=CC(CC(O)(O)O)OC(C=C)CC(O)(O)O.[SiH4]. The van der Waals surface area contributed by atoms with Gasteiger partial charge in [0.2, 0.25) is 0 Å². The Morgan fingerprint density at radius 2 is 1.11 bits per heavy atom. The molecule has 0 aromatic rings. The molecule has 0 aliphatic rings. The average molecular weight is 282 g/mol. The molecule has 0 saturated heterocycles. The lowest BCUT2D eigenvalue weighted by atomic mass is 10.2. The van der Waals surface area contributed by atoms with E-state index in [4.69, 9.17) is 35.4 Å². The van der Waals surface area contributed by atoms with Gasteiger partial charge in [-0.2, -0.15) is 0 Å². The molecule has 6 N–H and O–H groups in total. The van der Waals surface area contributed by atoms with Crippen LogP contribution in [0, 0.1) is 0 Å². The van der Waals surface area contributed by atoms with Crippen LogP contribution < -0.4 is 0 Å². The molecule has 2 atom stereocenters. The second-order valence-corrected chi connectivity index (χ2v) is 3.64. The van der Waals surface area contributed by atoms with Gasteiger partial charge in [0.05, 0.1) is 25.0 Å². The van der Waals surface area contributed by atoms with Gasteiger partial charge in [0.1, 0.15) is 0 Å². The van der Waals surface area contributed by atoms with Crippen molar-refractivity contribution in [3.8, 4) is 0 Å². The molecule has 7 nitrogen and oxygen atoms in total. The molecule has 0 rings (SSSR count). The van der Waals surface area contributed by atoms with E-state index >= 15 is 0 Å². The molecule has 0 fully saturated rings. The molecular formula is C10H22O7Si. The molecular weight excluding hydrogens is 260 g/mol. The molecule has 0 aliphatic heterocycles. The summed E-state index contributed by atoms with van der Waals surface area (Å²) in [7, 11) is 0. The second kappa shape index (κ2) is 7.76. The van der Waals surface area contributed by atoms with Gasteiger partial charge in [-0.05, 0) is 11.0 Å². The van der Waals surface area contributed by atoms with Crippen molar-refractivity contribution >= 4 is 11.0 Å². The molecule has 0 heterocycles. The lowest BCUT2D eigenvalue weighted by Gasteiger charge is -2.26. The minimum atomic E-state index is -2.93. The van der Waals surface area contributed by atoms with Crippen molar-refractivity contribution in [2.75, 3.05) is 0 Å². The minimum absolute atomic E-state index is 0. The highest BCUT2D eigenvalue weighted by atomic mass is 28.1. The van der Waals surface area contributed by atoms with Gasteiger partial charge in [-0.3, -0.25) is 0 Å². The quantitative estimate of drug-likeness (QED) is 0.156. The van der Waals surface area contributed by atoms with E-state index < -0.39 is 37.0 Å². The van der Waals surface area contributed by atoms with E-state index in [9.17, 15) is 0 Å². The van der Waals surface area contributed by atoms with Crippen LogP contribution in [0.15, 0.2) is 25.3 Å². The number of ether oxygens (including phenoxy) is 1. The lowest BCUT2D eigenvalue weighted by molar-refractivity contribution is -0.331. The van der Waals surface area contributed by atoms with Crippen molar-refractivity contribution in [2.45, 2.75) is 37.0 Å². The van der Waals surface area contributed by atoms with Gasteiger partial charge in [0.15, 0.2) is 0 Å². The first-order chi connectivity index (χ1) is 7.57. The monoisotopic (exact) mass is 282 g/mol. The standard InChI is InChI=1S/C10H18O7.H4Si/c1-3-7(5-9(11,12)13)17-8(4-2)6-10(14,15)16;/h3-4,7-8,11-16H,1-2,5-6H2;1H4. The number of hydrogen-bond acceptors (Lipinski definition) is 7. The van der Waals surface area contributed by atoms with Crippen molar-refractivity contribution in [3.63, 3.8) is 0 Å². The Morgan fingerprint density at radius 3 is 1.28 bits per heavy atom. The van der Waals surface area contributed by atoms with Gasteiger partial charge in [-0.15, -0.1) is 13.2 Å². The predicted octanol–water partition coefficient (Wildman–Crippen LogP) is -3.30. The summed E-state index contributed by atoms with van der Waals surface area (Å²) in [6.45, 7) is 6.70. The Balaban J connectivity index is 0.